The van der Waals surface area contributed by atoms with Crippen molar-refractivity contribution >= 4 is 33.9 Å². The Bertz CT molecular complexity index is 742. The molecule has 136 valence electrons. The lowest BCUT2D eigenvalue weighted by atomic mass is 10.1. The number of benzene rings is 1. The van der Waals surface area contributed by atoms with Crippen molar-refractivity contribution in [1.82, 2.24) is 4.98 Å². The van der Waals surface area contributed by atoms with E-state index in [1.165, 1.54) is 0 Å². The normalized spacial score (nSPS) is 19.1. The molecule has 0 aliphatic carbocycles. The number of methoxy groups -OCH3 is 1. The lowest BCUT2D eigenvalue weighted by Gasteiger charge is -2.36. The zero-order chi connectivity index (χ0) is 17.9. The van der Waals surface area contributed by atoms with Gasteiger partial charge in [0.1, 0.15) is 12.4 Å². The Balaban J connectivity index is 2.03. The zero-order valence-corrected chi connectivity index (χ0v) is 15.5. The number of hydrogen-bond donors (Lipinski definition) is 2. The lowest BCUT2D eigenvalue weighted by molar-refractivity contribution is 0.145. The molecule has 6 nitrogen and oxygen atoms in total. The van der Waals surface area contributed by atoms with Crippen LogP contribution in [-0.2, 0) is 4.74 Å². The summed E-state index contributed by atoms with van der Waals surface area (Å²) >= 11 is 5.72. The summed E-state index contributed by atoms with van der Waals surface area (Å²) in [6.07, 6.45) is 3.62. The van der Waals surface area contributed by atoms with Crippen molar-refractivity contribution in [2.24, 2.45) is 5.73 Å². The van der Waals surface area contributed by atoms with Crippen molar-refractivity contribution in [1.29, 1.82) is 0 Å². The number of halogens is 1. The Morgan fingerprint density at radius 2 is 2.24 bits per heavy atom. The topological polar surface area (TPSA) is 72.6 Å². The maximum atomic E-state index is 6.59. The van der Waals surface area contributed by atoms with E-state index in [0.29, 0.717) is 19.1 Å². The third-order valence-electron chi connectivity index (χ3n) is 4.27. The summed E-state index contributed by atoms with van der Waals surface area (Å²) in [5, 5.41) is 4.39. The number of fused-ring (bicyclic) bond motifs is 3. The van der Waals surface area contributed by atoms with Crippen LogP contribution in [0.4, 0.5) is 11.4 Å². The van der Waals surface area contributed by atoms with E-state index in [1.54, 1.807) is 7.11 Å². The van der Waals surface area contributed by atoms with Crippen molar-refractivity contribution in [2.75, 3.05) is 43.0 Å². The SMILES string of the molecule is CCCN1c2c(cnc3ccc(OCCCCl)cc23)NC1(N)COC. The maximum Gasteiger partial charge on any atom is 0.188 e. The van der Waals surface area contributed by atoms with E-state index in [-0.39, 0.29) is 0 Å². The highest BCUT2D eigenvalue weighted by molar-refractivity contribution is 6.17. The first-order valence-corrected chi connectivity index (χ1v) is 9.11. The number of pyridine rings is 1. The number of nitrogens with one attached hydrogen (secondary N) is 1. The van der Waals surface area contributed by atoms with Crippen LogP contribution in [0.25, 0.3) is 10.9 Å². The first kappa shape index (κ1) is 18.0. The summed E-state index contributed by atoms with van der Waals surface area (Å²) in [6.45, 7) is 3.92. The summed E-state index contributed by atoms with van der Waals surface area (Å²) in [7, 11) is 1.66. The maximum absolute atomic E-state index is 6.59. The summed E-state index contributed by atoms with van der Waals surface area (Å²) in [4.78, 5) is 6.71. The second kappa shape index (κ2) is 7.64. The Morgan fingerprint density at radius 3 is 2.96 bits per heavy atom. The van der Waals surface area contributed by atoms with Crippen LogP contribution >= 0.6 is 11.6 Å². The van der Waals surface area contributed by atoms with E-state index in [1.807, 2.05) is 24.4 Å². The molecule has 0 radical (unpaired) electrons. The second-order valence-electron chi connectivity index (χ2n) is 6.22. The van der Waals surface area contributed by atoms with Gasteiger partial charge < -0.3 is 19.7 Å². The molecular weight excluding hydrogens is 340 g/mol. The van der Waals surface area contributed by atoms with Crippen molar-refractivity contribution < 1.29 is 9.47 Å². The minimum Gasteiger partial charge on any atom is -0.494 e. The average molecular weight is 365 g/mol. The first-order valence-electron chi connectivity index (χ1n) is 8.58. The van der Waals surface area contributed by atoms with Gasteiger partial charge in [0.05, 0.1) is 29.7 Å². The highest BCUT2D eigenvalue weighted by Crippen LogP contribution is 2.43. The zero-order valence-electron chi connectivity index (χ0n) is 14.7. The van der Waals surface area contributed by atoms with E-state index in [4.69, 9.17) is 26.8 Å². The smallest absolute Gasteiger partial charge is 0.188 e. The van der Waals surface area contributed by atoms with E-state index < -0.39 is 5.79 Å². The minimum atomic E-state index is -0.779. The molecule has 0 saturated carbocycles. The van der Waals surface area contributed by atoms with Crippen molar-refractivity contribution in [3.63, 3.8) is 0 Å². The van der Waals surface area contributed by atoms with E-state index in [9.17, 15) is 0 Å². The molecule has 0 bridgehead atoms. The number of aromatic nitrogens is 1. The molecule has 1 aliphatic rings. The second-order valence-corrected chi connectivity index (χ2v) is 6.60. The molecule has 7 heteroatoms. The van der Waals surface area contributed by atoms with Gasteiger partial charge in [0, 0.05) is 24.9 Å². The van der Waals surface area contributed by atoms with Crippen LogP contribution in [0.2, 0.25) is 0 Å². The number of alkyl halides is 1. The van der Waals surface area contributed by atoms with Gasteiger partial charge in [0.25, 0.3) is 0 Å². The number of nitrogens with two attached hydrogens (primary N) is 1. The van der Waals surface area contributed by atoms with Gasteiger partial charge in [-0.1, -0.05) is 6.92 Å². The molecular formula is C18H25ClN4O2. The Kier molecular flexibility index (Phi) is 5.51. The molecule has 0 amide bonds. The van der Waals surface area contributed by atoms with E-state index in [2.05, 4.69) is 22.1 Å². The third kappa shape index (κ3) is 3.47. The first-order chi connectivity index (χ1) is 12.1. The molecule has 1 aromatic heterocycles. The van der Waals surface area contributed by atoms with Gasteiger partial charge in [0.2, 0.25) is 0 Å². The van der Waals surface area contributed by atoms with Gasteiger partial charge in [-0.25, -0.2) is 0 Å². The molecule has 1 aliphatic heterocycles. The standard InChI is InChI=1S/C18H25ClN4O2/c1-3-8-23-17-14-10-13(25-9-4-7-19)5-6-15(14)21-11-16(17)22-18(23,20)12-24-2/h5-6,10-11,22H,3-4,7-9,12,20H2,1-2H3. The van der Waals surface area contributed by atoms with Gasteiger partial charge >= 0.3 is 0 Å². The van der Waals surface area contributed by atoms with Crippen molar-refractivity contribution in [2.45, 2.75) is 25.6 Å². The van der Waals surface area contributed by atoms with E-state index >= 15 is 0 Å². The molecule has 3 N–H and O–H groups in total. The molecule has 1 atom stereocenters. The van der Waals surface area contributed by atoms with Crippen LogP contribution in [0.3, 0.4) is 0 Å². The molecule has 2 aromatic rings. The molecule has 1 unspecified atom stereocenters. The summed E-state index contributed by atoms with van der Waals surface area (Å²) < 4.78 is 11.2. The van der Waals surface area contributed by atoms with Crippen LogP contribution in [0.15, 0.2) is 24.4 Å². The molecule has 0 spiro atoms. The van der Waals surface area contributed by atoms with Crippen LogP contribution < -0.4 is 20.7 Å². The van der Waals surface area contributed by atoms with Crippen molar-refractivity contribution in [3.05, 3.63) is 24.4 Å². The third-order valence-corrected chi connectivity index (χ3v) is 4.54. The molecule has 0 fully saturated rings. The van der Waals surface area contributed by atoms with Crippen LogP contribution in [-0.4, -0.2) is 43.5 Å². The quantitative estimate of drug-likeness (QED) is 0.553. The number of anilines is 2. The minimum absolute atomic E-state index is 0.370. The van der Waals surface area contributed by atoms with Gasteiger partial charge in [0.15, 0.2) is 5.79 Å². The Labute approximate surface area is 153 Å². The van der Waals surface area contributed by atoms with Crippen molar-refractivity contribution in [3.8, 4) is 5.75 Å². The van der Waals surface area contributed by atoms with Crippen LogP contribution in [0, 0.1) is 0 Å². The fourth-order valence-electron chi connectivity index (χ4n) is 3.24. The Morgan fingerprint density at radius 1 is 1.40 bits per heavy atom. The highest BCUT2D eigenvalue weighted by atomic mass is 35.5. The number of rotatable bonds is 8. The van der Waals surface area contributed by atoms with Crippen LogP contribution in [0.5, 0.6) is 5.75 Å². The van der Waals surface area contributed by atoms with E-state index in [0.717, 1.165) is 47.4 Å². The molecule has 1 aromatic carbocycles. The molecule has 0 saturated heterocycles. The average Bonchev–Trinajstić information content (AvgIpc) is 2.88. The predicted octanol–water partition coefficient (Wildman–Crippen LogP) is 3.14. The highest BCUT2D eigenvalue weighted by Gasteiger charge is 2.41. The lowest BCUT2D eigenvalue weighted by Crippen LogP contribution is -2.61. The summed E-state index contributed by atoms with van der Waals surface area (Å²) in [5.41, 5.74) is 9.47. The van der Waals surface area contributed by atoms with Crippen LogP contribution in [0.1, 0.15) is 19.8 Å². The number of hydrogen-bond acceptors (Lipinski definition) is 6. The largest absolute Gasteiger partial charge is 0.494 e. The number of nitrogens with zero attached hydrogens (tertiary/aromatic N) is 2. The summed E-state index contributed by atoms with van der Waals surface area (Å²) in [5.74, 6) is 0.620. The fraction of sp³-hybridized carbons (Fsp3) is 0.500. The van der Waals surface area contributed by atoms with Gasteiger partial charge in [-0.15, -0.1) is 11.6 Å². The monoisotopic (exact) mass is 364 g/mol. The molecule has 3 rings (SSSR count). The number of ether oxygens (including phenoxy) is 2. The fourth-order valence-corrected chi connectivity index (χ4v) is 3.35. The Hall–Kier alpha value is -1.76. The molecule has 25 heavy (non-hydrogen) atoms. The van der Waals surface area contributed by atoms with Gasteiger partial charge in [-0.3, -0.25) is 10.7 Å². The van der Waals surface area contributed by atoms with Gasteiger partial charge in [-0.05, 0) is 31.0 Å². The van der Waals surface area contributed by atoms with Gasteiger partial charge in [-0.2, -0.15) is 0 Å². The predicted molar refractivity (Wildman–Crippen MR) is 103 cm³/mol. The summed E-state index contributed by atoms with van der Waals surface area (Å²) in [6, 6.07) is 5.94. The molecule has 2 heterocycles.